The van der Waals surface area contributed by atoms with E-state index in [0.29, 0.717) is 29.2 Å². The molecule has 0 aliphatic carbocycles. The Hall–Kier alpha value is -5.01. The Morgan fingerprint density at radius 1 is 1.04 bits per heavy atom. The SMILES string of the molecule is C=CCCc1ccccc1-c1cccc(-c2cc3nc(C)c(C(OC(C)(C)C)C(=O)O)c(-c4ccc5c(c4)C(CC=C)CCO5)n3n2)c1. The molecule has 2 atom stereocenters. The van der Waals surface area contributed by atoms with Crippen LogP contribution >= 0.6 is 0 Å². The summed E-state index contributed by atoms with van der Waals surface area (Å²) in [6.07, 6.45) is 6.13. The summed E-state index contributed by atoms with van der Waals surface area (Å²) in [6.45, 7) is 15.9. The number of ether oxygens (including phenoxy) is 2. The summed E-state index contributed by atoms with van der Waals surface area (Å²) in [5.41, 5.74) is 8.69. The summed E-state index contributed by atoms with van der Waals surface area (Å²) in [7, 11) is 0. The Morgan fingerprint density at radius 3 is 2.58 bits per heavy atom. The molecule has 0 spiro atoms. The third kappa shape index (κ3) is 6.69. The number of allylic oxidation sites excluding steroid dienone is 2. The molecule has 0 radical (unpaired) electrons. The molecule has 2 unspecified atom stereocenters. The number of fused-ring (bicyclic) bond motifs is 2. The molecule has 7 nitrogen and oxygen atoms in total. The lowest BCUT2D eigenvalue weighted by molar-refractivity contribution is -0.160. The molecule has 48 heavy (non-hydrogen) atoms. The van der Waals surface area contributed by atoms with Gasteiger partial charge in [-0.15, -0.1) is 13.2 Å². The van der Waals surface area contributed by atoms with Crippen LogP contribution in [0.2, 0.25) is 0 Å². The average Bonchev–Trinajstić information content (AvgIpc) is 3.49. The fourth-order valence-corrected chi connectivity index (χ4v) is 6.63. The molecule has 3 heterocycles. The molecule has 246 valence electrons. The van der Waals surface area contributed by atoms with Crippen LogP contribution in [-0.2, 0) is 16.0 Å². The molecule has 5 aromatic rings. The molecule has 3 aromatic carbocycles. The molecule has 1 aliphatic heterocycles. The molecule has 2 aromatic heterocycles. The third-order valence-electron chi connectivity index (χ3n) is 8.79. The van der Waals surface area contributed by atoms with Crippen molar-refractivity contribution < 1.29 is 19.4 Å². The summed E-state index contributed by atoms with van der Waals surface area (Å²) >= 11 is 0. The molecule has 1 N–H and O–H groups in total. The highest BCUT2D eigenvalue weighted by Crippen LogP contribution is 2.42. The van der Waals surface area contributed by atoms with E-state index < -0.39 is 17.7 Å². The van der Waals surface area contributed by atoms with E-state index in [-0.39, 0.29) is 5.92 Å². The van der Waals surface area contributed by atoms with E-state index in [4.69, 9.17) is 19.6 Å². The van der Waals surface area contributed by atoms with Crippen LogP contribution < -0.4 is 4.74 Å². The molecule has 1 aliphatic rings. The van der Waals surface area contributed by atoms with Gasteiger partial charge in [0.05, 0.1) is 23.6 Å². The Kier molecular flexibility index (Phi) is 9.33. The van der Waals surface area contributed by atoms with Gasteiger partial charge >= 0.3 is 5.97 Å². The number of nitrogens with zero attached hydrogens (tertiary/aromatic N) is 3. The highest BCUT2D eigenvalue weighted by Gasteiger charge is 2.34. The van der Waals surface area contributed by atoms with Gasteiger partial charge in [0.25, 0.3) is 0 Å². The predicted molar refractivity (Wildman–Crippen MR) is 191 cm³/mol. The lowest BCUT2D eigenvalue weighted by Crippen LogP contribution is -2.29. The number of aliphatic carboxylic acids is 1. The molecule has 0 saturated carbocycles. The average molecular weight is 642 g/mol. The first kappa shape index (κ1) is 32.9. The zero-order valence-corrected chi connectivity index (χ0v) is 28.2. The van der Waals surface area contributed by atoms with Gasteiger partial charge < -0.3 is 14.6 Å². The van der Waals surface area contributed by atoms with Crippen LogP contribution in [0.3, 0.4) is 0 Å². The van der Waals surface area contributed by atoms with Crippen molar-refractivity contribution in [3.05, 3.63) is 120 Å². The second-order valence-corrected chi connectivity index (χ2v) is 13.4. The number of hydrogen-bond acceptors (Lipinski definition) is 5. The van der Waals surface area contributed by atoms with Crippen molar-refractivity contribution in [2.75, 3.05) is 6.61 Å². The third-order valence-corrected chi connectivity index (χ3v) is 8.79. The molecule has 0 saturated heterocycles. The van der Waals surface area contributed by atoms with Crippen LogP contribution in [0.4, 0.5) is 0 Å². The summed E-state index contributed by atoms with van der Waals surface area (Å²) in [5, 5.41) is 15.7. The summed E-state index contributed by atoms with van der Waals surface area (Å²) < 4.78 is 14.0. The van der Waals surface area contributed by atoms with E-state index >= 15 is 0 Å². The van der Waals surface area contributed by atoms with Crippen molar-refractivity contribution in [2.45, 2.75) is 71.0 Å². The van der Waals surface area contributed by atoms with Crippen molar-refractivity contribution in [3.63, 3.8) is 0 Å². The maximum Gasteiger partial charge on any atom is 0.337 e. The monoisotopic (exact) mass is 641 g/mol. The number of carboxylic acids is 1. The largest absolute Gasteiger partial charge is 0.493 e. The van der Waals surface area contributed by atoms with Crippen molar-refractivity contribution in [2.24, 2.45) is 0 Å². The van der Waals surface area contributed by atoms with Gasteiger partial charge in [-0.1, -0.05) is 54.6 Å². The lowest BCUT2D eigenvalue weighted by atomic mass is 9.88. The molecule has 0 bridgehead atoms. The fourth-order valence-electron chi connectivity index (χ4n) is 6.63. The second kappa shape index (κ2) is 13.6. The second-order valence-electron chi connectivity index (χ2n) is 13.4. The van der Waals surface area contributed by atoms with Crippen molar-refractivity contribution in [1.29, 1.82) is 0 Å². The van der Waals surface area contributed by atoms with Crippen molar-refractivity contribution in [3.8, 4) is 39.4 Å². The maximum atomic E-state index is 12.9. The van der Waals surface area contributed by atoms with E-state index in [1.165, 1.54) is 11.1 Å². The van der Waals surface area contributed by atoms with E-state index in [1.54, 1.807) is 4.52 Å². The normalized spacial score (nSPS) is 15.0. The summed E-state index contributed by atoms with van der Waals surface area (Å²) in [6, 6.07) is 24.8. The first-order valence-electron chi connectivity index (χ1n) is 16.6. The zero-order chi connectivity index (χ0) is 34.0. The van der Waals surface area contributed by atoms with Crippen LogP contribution in [0, 0.1) is 6.92 Å². The minimum Gasteiger partial charge on any atom is -0.493 e. The fraction of sp³-hybridized carbons (Fsp3) is 0.293. The van der Waals surface area contributed by atoms with Crippen molar-refractivity contribution >= 4 is 11.6 Å². The van der Waals surface area contributed by atoms with Gasteiger partial charge in [0, 0.05) is 28.5 Å². The van der Waals surface area contributed by atoms with E-state index in [1.807, 2.05) is 70.2 Å². The lowest BCUT2D eigenvalue weighted by Gasteiger charge is -2.28. The number of carbonyl (C=O) groups is 1. The minimum atomic E-state index is -1.27. The molecular weight excluding hydrogens is 598 g/mol. The summed E-state index contributed by atoms with van der Waals surface area (Å²) in [5.74, 6) is 0.00314. The predicted octanol–water partition coefficient (Wildman–Crippen LogP) is 9.54. The Labute approximate surface area is 282 Å². The van der Waals surface area contributed by atoms with Gasteiger partial charge in [0.2, 0.25) is 0 Å². The number of aryl methyl sites for hydroxylation is 2. The van der Waals surface area contributed by atoms with Gasteiger partial charge in [0.1, 0.15) is 5.75 Å². The quantitative estimate of drug-likeness (QED) is 0.145. The van der Waals surface area contributed by atoms with Gasteiger partial charge in [-0.25, -0.2) is 14.3 Å². The summed E-state index contributed by atoms with van der Waals surface area (Å²) in [4.78, 5) is 17.8. The Morgan fingerprint density at radius 2 is 1.83 bits per heavy atom. The zero-order valence-electron chi connectivity index (χ0n) is 28.2. The number of hydrogen-bond donors (Lipinski definition) is 1. The van der Waals surface area contributed by atoms with E-state index in [2.05, 4.69) is 55.6 Å². The van der Waals surface area contributed by atoms with E-state index in [9.17, 15) is 9.90 Å². The molecule has 0 amide bonds. The van der Waals surface area contributed by atoms with E-state index in [0.717, 1.165) is 59.4 Å². The van der Waals surface area contributed by atoms with Crippen LogP contribution in [-0.4, -0.2) is 37.9 Å². The Bertz CT molecular complexity index is 2000. The van der Waals surface area contributed by atoms with Gasteiger partial charge in [-0.05, 0) is 106 Å². The topological polar surface area (TPSA) is 86.0 Å². The first-order valence-corrected chi connectivity index (χ1v) is 16.6. The molecular formula is C41H43N3O4. The molecule has 6 rings (SSSR count). The van der Waals surface area contributed by atoms with Crippen molar-refractivity contribution in [1.82, 2.24) is 14.6 Å². The molecule has 0 fully saturated rings. The Balaban J connectivity index is 1.56. The standard InChI is InChI=1S/C41H43N3O4/c1-7-9-14-28-15-10-11-18-32(28)29-16-12-17-30(23-29)34-25-36-42-26(3)37(39(40(45)46)48-41(4,5)6)38(44(36)43-34)31-19-20-35-33(24-31)27(13-8-2)21-22-47-35/h7-8,10-12,15-20,23-25,27,39H,1-2,9,13-14,21-22H2,3-6H3,(H,45,46). The van der Waals surface area contributed by atoms with Gasteiger partial charge in [0.15, 0.2) is 11.8 Å². The number of aromatic nitrogens is 3. The van der Waals surface area contributed by atoms with Crippen LogP contribution in [0.5, 0.6) is 5.75 Å². The number of rotatable bonds is 11. The highest BCUT2D eigenvalue weighted by molar-refractivity contribution is 5.82. The molecule has 7 heteroatoms. The number of benzene rings is 3. The van der Waals surface area contributed by atoms with Crippen LogP contribution in [0.15, 0.2) is 98.1 Å². The van der Waals surface area contributed by atoms with Crippen LogP contribution in [0.1, 0.15) is 74.4 Å². The van der Waals surface area contributed by atoms with Crippen LogP contribution in [0.25, 0.3) is 39.3 Å². The smallest absolute Gasteiger partial charge is 0.337 e. The first-order chi connectivity index (χ1) is 23.1. The highest BCUT2D eigenvalue weighted by atomic mass is 16.5. The number of carboxylic acid groups (broad SMARTS) is 1. The maximum absolute atomic E-state index is 12.9. The van der Waals surface area contributed by atoms with Gasteiger partial charge in [-0.2, -0.15) is 5.10 Å². The minimum absolute atomic E-state index is 0.249. The van der Waals surface area contributed by atoms with Gasteiger partial charge in [-0.3, -0.25) is 0 Å².